The zero-order valence-corrected chi connectivity index (χ0v) is 8.73. The highest BCUT2D eigenvalue weighted by Crippen LogP contribution is 2.15. The van der Waals surface area contributed by atoms with Gasteiger partial charge in [-0.15, -0.1) is 0 Å². The number of nitrogens with two attached hydrogens (primary N) is 1. The number of carbonyl (C=O) groups is 2. The lowest BCUT2D eigenvalue weighted by atomic mass is 10.1. The van der Waals surface area contributed by atoms with Crippen LogP contribution in [0.2, 0.25) is 0 Å². The topological polar surface area (TPSA) is 73.1 Å². The van der Waals surface area contributed by atoms with E-state index in [1.807, 2.05) is 19.1 Å². The van der Waals surface area contributed by atoms with Gasteiger partial charge in [0.2, 0.25) is 5.78 Å². The first-order valence-corrected chi connectivity index (χ1v) is 4.79. The number of aromatic nitrogens is 1. The maximum atomic E-state index is 11.4. The van der Waals surface area contributed by atoms with Crippen LogP contribution < -0.4 is 5.73 Å². The Hall–Kier alpha value is -2.23. The fourth-order valence-electron chi connectivity index (χ4n) is 1.51. The molecule has 2 N–H and O–H groups in total. The van der Waals surface area contributed by atoms with Gasteiger partial charge in [-0.2, -0.15) is 0 Å². The Balaban J connectivity index is 2.57. The van der Waals surface area contributed by atoms with Crippen molar-refractivity contribution in [3.05, 3.63) is 41.6 Å². The number of amides is 1. The summed E-state index contributed by atoms with van der Waals surface area (Å²) in [7, 11) is 0. The van der Waals surface area contributed by atoms with Crippen LogP contribution in [-0.4, -0.2) is 16.7 Å². The minimum atomic E-state index is -0.945. The number of primary amides is 1. The van der Waals surface area contributed by atoms with Crippen molar-refractivity contribution in [2.24, 2.45) is 5.73 Å². The number of Topliss-reactive ketones (excluding diaryl/α,β-unsaturated/α-hetero) is 1. The summed E-state index contributed by atoms with van der Waals surface area (Å²) in [6.45, 7) is 1.89. The van der Waals surface area contributed by atoms with Crippen LogP contribution in [0.15, 0.2) is 30.3 Å². The van der Waals surface area contributed by atoms with Crippen molar-refractivity contribution >= 4 is 22.6 Å². The zero-order chi connectivity index (χ0) is 11.7. The molecule has 0 bridgehead atoms. The van der Waals surface area contributed by atoms with Crippen LogP contribution in [0, 0.1) is 6.92 Å². The van der Waals surface area contributed by atoms with Gasteiger partial charge in [-0.25, -0.2) is 0 Å². The van der Waals surface area contributed by atoms with E-state index in [4.69, 9.17) is 5.73 Å². The number of hydrogen-bond acceptors (Lipinski definition) is 3. The van der Waals surface area contributed by atoms with Crippen LogP contribution in [0.5, 0.6) is 0 Å². The van der Waals surface area contributed by atoms with E-state index in [0.717, 1.165) is 16.6 Å². The maximum Gasteiger partial charge on any atom is 0.289 e. The number of ketones is 1. The second-order valence-electron chi connectivity index (χ2n) is 3.55. The van der Waals surface area contributed by atoms with Crippen molar-refractivity contribution in [1.82, 2.24) is 4.98 Å². The zero-order valence-electron chi connectivity index (χ0n) is 8.73. The van der Waals surface area contributed by atoms with Crippen molar-refractivity contribution < 1.29 is 9.59 Å². The van der Waals surface area contributed by atoms with E-state index in [1.165, 1.54) is 0 Å². The van der Waals surface area contributed by atoms with Crippen molar-refractivity contribution in [3.63, 3.8) is 0 Å². The van der Waals surface area contributed by atoms with Gasteiger partial charge in [0.05, 0.1) is 5.52 Å². The molecule has 80 valence electrons. The first-order valence-electron chi connectivity index (χ1n) is 4.79. The first-order chi connectivity index (χ1) is 7.58. The largest absolute Gasteiger partial charge is 0.363 e. The van der Waals surface area contributed by atoms with Crippen molar-refractivity contribution in [2.75, 3.05) is 0 Å². The number of hydrogen-bond donors (Lipinski definition) is 1. The minimum Gasteiger partial charge on any atom is -0.363 e. The molecule has 0 fully saturated rings. The van der Waals surface area contributed by atoms with Crippen LogP contribution in [-0.2, 0) is 4.79 Å². The van der Waals surface area contributed by atoms with Gasteiger partial charge in [-0.05, 0) is 31.2 Å². The quantitative estimate of drug-likeness (QED) is 0.603. The van der Waals surface area contributed by atoms with Gasteiger partial charge < -0.3 is 5.73 Å². The normalized spacial score (nSPS) is 10.3. The Bertz CT molecular complexity index is 591. The summed E-state index contributed by atoms with van der Waals surface area (Å²) in [6, 6.07) is 8.59. The molecule has 0 saturated heterocycles. The Kier molecular flexibility index (Phi) is 2.40. The number of carbonyl (C=O) groups excluding carboxylic acids is 2. The predicted molar refractivity (Wildman–Crippen MR) is 60.0 cm³/mol. The van der Waals surface area contributed by atoms with E-state index in [1.54, 1.807) is 18.2 Å². The Morgan fingerprint density at radius 2 is 1.94 bits per heavy atom. The molecule has 1 amide bonds. The Labute approximate surface area is 92.1 Å². The number of rotatable bonds is 2. The Morgan fingerprint density at radius 1 is 1.19 bits per heavy atom. The summed E-state index contributed by atoms with van der Waals surface area (Å²) < 4.78 is 0. The highest BCUT2D eigenvalue weighted by atomic mass is 16.2. The van der Waals surface area contributed by atoms with Gasteiger partial charge >= 0.3 is 0 Å². The number of fused-ring (bicyclic) bond motifs is 1. The molecular formula is C12H10N2O2. The van der Waals surface area contributed by atoms with Crippen LogP contribution in [0.3, 0.4) is 0 Å². The van der Waals surface area contributed by atoms with E-state index in [2.05, 4.69) is 4.98 Å². The van der Waals surface area contributed by atoms with Gasteiger partial charge in [0, 0.05) is 16.6 Å². The molecule has 1 heterocycles. The highest BCUT2D eigenvalue weighted by molar-refractivity contribution is 6.42. The number of pyridine rings is 1. The summed E-state index contributed by atoms with van der Waals surface area (Å²) in [5, 5.41) is 0.817. The first kappa shape index (κ1) is 10.3. The molecule has 0 aliphatic rings. The molecule has 1 aromatic heterocycles. The molecule has 1 aromatic carbocycles. The summed E-state index contributed by atoms with van der Waals surface area (Å²) in [4.78, 5) is 26.4. The van der Waals surface area contributed by atoms with Crippen LogP contribution >= 0.6 is 0 Å². The average Bonchev–Trinajstić information content (AvgIpc) is 2.27. The van der Waals surface area contributed by atoms with Crippen LogP contribution in [0.1, 0.15) is 16.1 Å². The molecule has 0 radical (unpaired) electrons. The van der Waals surface area contributed by atoms with E-state index in [0.29, 0.717) is 5.56 Å². The van der Waals surface area contributed by atoms with Gasteiger partial charge in [0.15, 0.2) is 0 Å². The summed E-state index contributed by atoms with van der Waals surface area (Å²) in [6.07, 6.45) is 0. The van der Waals surface area contributed by atoms with Gasteiger partial charge in [-0.3, -0.25) is 14.6 Å². The minimum absolute atomic E-state index is 0.297. The summed E-state index contributed by atoms with van der Waals surface area (Å²) in [5.41, 5.74) is 6.93. The molecule has 4 heteroatoms. The molecule has 0 unspecified atom stereocenters. The van der Waals surface area contributed by atoms with Crippen molar-refractivity contribution in [2.45, 2.75) is 6.92 Å². The Morgan fingerprint density at radius 3 is 2.62 bits per heavy atom. The number of nitrogens with zero attached hydrogens (tertiary/aromatic N) is 1. The van der Waals surface area contributed by atoms with Gasteiger partial charge in [-0.1, -0.05) is 6.07 Å². The lowest BCUT2D eigenvalue weighted by Gasteiger charge is -2.01. The fourth-order valence-corrected chi connectivity index (χ4v) is 1.51. The SMILES string of the molecule is Cc1ccc2cc(C(=O)C(N)=O)ccc2n1. The molecule has 0 aliphatic heterocycles. The maximum absolute atomic E-state index is 11.4. The number of benzene rings is 1. The monoisotopic (exact) mass is 214 g/mol. The van der Waals surface area contributed by atoms with Gasteiger partial charge in [0.25, 0.3) is 5.91 Å². The molecule has 0 spiro atoms. The van der Waals surface area contributed by atoms with E-state index >= 15 is 0 Å². The number of aryl methyl sites for hydroxylation is 1. The third-order valence-electron chi connectivity index (χ3n) is 2.31. The van der Waals surface area contributed by atoms with Crippen LogP contribution in [0.4, 0.5) is 0 Å². The average molecular weight is 214 g/mol. The fraction of sp³-hybridized carbons (Fsp3) is 0.0833. The van der Waals surface area contributed by atoms with E-state index < -0.39 is 11.7 Å². The lowest BCUT2D eigenvalue weighted by molar-refractivity contribution is -0.114. The highest BCUT2D eigenvalue weighted by Gasteiger charge is 2.12. The van der Waals surface area contributed by atoms with E-state index in [-0.39, 0.29) is 0 Å². The molecular weight excluding hydrogens is 204 g/mol. The summed E-state index contributed by atoms with van der Waals surface area (Å²) >= 11 is 0. The lowest BCUT2D eigenvalue weighted by Crippen LogP contribution is -2.22. The predicted octanol–water partition coefficient (Wildman–Crippen LogP) is 1.21. The third-order valence-corrected chi connectivity index (χ3v) is 2.31. The van der Waals surface area contributed by atoms with Crippen molar-refractivity contribution in [1.29, 1.82) is 0 Å². The third kappa shape index (κ3) is 1.77. The standard InChI is InChI=1S/C12H10N2O2/c1-7-2-3-8-6-9(11(15)12(13)16)4-5-10(8)14-7/h2-6H,1H3,(H2,13,16). The summed E-state index contributed by atoms with van der Waals surface area (Å²) in [5.74, 6) is -1.62. The molecule has 2 rings (SSSR count). The second kappa shape index (κ2) is 3.73. The molecule has 4 nitrogen and oxygen atoms in total. The van der Waals surface area contributed by atoms with Crippen LogP contribution in [0.25, 0.3) is 10.9 Å². The van der Waals surface area contributed by atoms with Gasteiger partial charge in [0.1, 0.15) is 0 Å². The second-order valence-corrected chi connectivity index (χ2v) is 3.55. The molecule has 0 aliphatic carbocycles. The molecule has 0 saturated carbocycles. The molecule has 16 heavy (non-hydrogen) atoms. The molecule has 0 atom stereocenters. The van der Waals surface area contributed by atoms with Crippen molar-refractivity contribution in [3.8, 4) is 0 Å². The molecule has 2 aromatic rings. The van der Waals surface area contributed by atoms with E-state index in [9.17, 15) is 9.59 Å². The smallest absolute Gasteiger partial charge is 0.289 e.